The van der Waals surface area contributed by atoms with Gasteiger partial charge < -0.3 is 4.74 Å². The molecule has 2 aromatic carbocycles. The highest BCUT2D eigenvalue weighted by molar-refractivity contribution is 5.82. The molecule has 4 nitrogen and oxygen atoms in total. The lowest BCUT2D eigenvalue weighted by Gasteiger charge is -2.07. The molecule has 1 amide bonds. The minimum absolute atomic E-state index is 0.0609. The molecule has 2 rings (SSSR count). The van der Waals surface area contributed by atoms with E-state index in [0.29, 0.717) is 5.75 Å². The normalized spacial score (nSPS) is 10.6. The Bertz CT molecular complexity index is 636. The topological polar surface area (TPSA) is 50.7 Å². The number of nitrogens with zero attached hydrogens (tertiary/aromatic N) is 1. The molecule has 2 aromatic rings. The number of amides is 1. The van der Waals surface area contributed by atoms with Gasteiger partial charge in [0.05, 0.1) is 6.21 Å². The van der Waals surface area contributed by atoms with E-state index in [2.05, 4.69) is 10.5 Å². The van der Waals surface area contributed by atoms with Crippen LogP contribution in [0.15, 0.2) is 53.6 Å². The molecule has 0 unspecified atom stereocenters. The summed E-state index contributed by atoms with van der Waals surface area (Å²) in [5, 5.41) is 3.88. The van der Waals surface area contributed by atoms with E-state index in [1.54, 1.807) is 6.21 Å². The summed E-state index contributed by atoms with van der Waals surface area (Å²) in [5.41, 5.74) is 5.68. The zero-order valence-electron chi connectivity index (χ0n) is 12.2. The number of rotatable bonds is 5. The summed E-state index contributed by atoms with van der Waals surface area (Å²) in [6, 6.07) is 15.3. The maximum atomic E-state index is 11.6. The number of aryl methyl sites for hydroxylation is 2. The van der Waals surface area contributed by atoms with Crippen molar-refractivity contribution in [2.24, 2.45) is 5.10 Å². The van der Waals surface area contributed by atoms with Crippen molar-refractivity contribution in [2.45, 2.75) is 13.8 Å². The molecule has 1 N–H and O–H groups in total. The number of hydrazone groups is 1. The fraction of sp³-hybridized carbons (Fsp3) is 0.176. The van der Waals surface area contributed by atoms with Crippen LogP contribution in [0, 0.1) is 13.8 Å². The van der Waals surface area contributed by atoms with Gasteiger partial charge in [0.25, 0.3) is 5.91 Å². The lowest BCUT2D eigenvalue weighted by atomic mass is 10.1. The zero-order chi connectivity index (χ0) is 15.1. The van der Waals surface area contributed by atoms with Gasteiger partial charge in [-0.05, 0) is 42.7 Å². The third-order valence-electron chi connectivity index (χ3n) is 3.05. The van der Waals surface area contributed by atoms with Crippen molar-refractivity contribution in [1.29, 1.82) is 0 Å². The zero-order valence-corrected chi connectivity index (χ0v) is 12.2. The number of hydrogen-bond donors (Lipinski definition) is 1. The average Bonchev–Trinajstić information content (AvgIpc) is 2.49. The highest BCUT2D eigenvalue weighted by atomic mass is 16.5. The largest absolute Gasteiger partial charge is 0.484 e. The summed E-state index contributed by atoms with van der Waals surface area (Å²) in [4.78, 5) is 11.6. The maximum absolute atomic E-state index is 11.6. The minimum Gasteiger partial charge on any atom is -0.484 e. The van der Waals surface area contributed by atoms with Crippen LogP contribution >= 0.6 is 0 Å². The Morgan fingerprint density at radius 1 is 1.14 bits per heavy atom. The first-order chi connectivity index (χ1) is 10.1. The van der Waals surface area contributed by atoms with E-state index in [4.69, 9.17) is 4.74 Å². The standard InChI is InChI=1S/C17H18N2O2/c1-13-8-9-16(10-14(13)2)21-12-17(20)19-18-11-15-6-4-3-5-7-15/h3-11H,12H2,1-2H3,(H,19,20)/b18-11+. The molecule has 0 bridgehead atoms. The van der Waals surface area contributed by atoms with E-state index < -0.39 is 0 Å². The predicted molar refractivity (Wildman–Crippen MR) is 83.6 cm³/mol. The van der Waals surface area contributed by atoms with Crippen molar-refractivity contribution in [2.75, 3.05) is 6.61 Å². The maximum Gasteiger partial charge on any atom is 0.277 e. The fourth-order valence-electron chi connectivity index (χ4n) is 1.70. The van der Waals surface area contributed by atoms with Crippen molar-refractivity contribution in [1.82, 2.24) is 5.43 Å². The summed E-state index contributed by atoms with van der Waals surface area (Å²) < 4.78 is 5.42. The predicted octanol–water partition coefficient (Wildman–Crippen LogP) is 2.83. The third kappa shape index (κ3) is 4.76. The van der Waals surface area contributed by atoms with Crippen LogP contribution < -0.4 is 10.2 Å². The van der Waals surface area contributed by atoms with Gasteiger partial charge in [0.2, 0.25) is 0 Å². The fourth-order valence-corrected chi connectivity index (χ4v) is 1.70. The van der Waals surface area contributed by atoms with Crippen LogP contribution in [0.5, 0.6) is 5.75 Å². The Balaban J connectivity index is 1.79. The number of nitrogens with one attached hydrogen (secondary N) is 1. The van der Waals surface area contributed by atoms with E-state index in [1.807, 2.05) is 62.4 Å². The molecule has 4 heteroatoms. The Morgan fingerprint density at radius 2 is 1.90 bits per heavy atom. The molecular weight excluding hydrogens is 264 g/mol. The third-order valence-corrected chi connectivity index (χ3v) is 3.05. The first kappa shape index (κ1) is 14.8. The molecule has 0 radical (unpaired) electrons. The van der Waals surface area contributed by atoms with E-state index in [-0.39, 0.29) is 12.5 Å². The highest BCUT2D eigenvalue weighted by Gasteiger charge is 2.02. The molecule has 0 saturated carbocycles. The SMILES string of the molecule is Cc1ccc(OCC(=O)N/N=C/c2ccccc2)cc1C. The molecule has 0 atom stereocenters. The molecule has 0 saturated heterocycles. The average molecular weight is 282 g/mol. The number of carbonyl (C=O) groups excluding carboxylic acids is 1. The van der Waals surface area contributed by atoms with Crippen LogP contribution in [0.1, 0.15) is 16.7 Å². The molecule has 0 aliphatic carbocycles. The molecular formula is C17H18N2O2. The monoisotopic (exact) mass is 282 g/mol. The van der Waals surface area contributed by atoms with E-state index in [0.717, 1.165) is 11.1 Å². The van der Waals surface area contributed by atoms with Gasteiger partial charge in [-0.25, -0.2) is 5.43 Å². The highest BCUT2D eigenvalue weighted by Crippen LogP contribution is 2.16. The van der Waals surface area contributed by atoms with E-state index in [1.165, 1.54) is 5.56 Å². The smallest absolute Gasteiger partial charge is 0.277 e. The van der Waals surface area contributed by atoms with Crippen molar-refractivity contribution >= 4 is 12.1 Å². The molecule has 0 heterocycles. The van der Waals surface area contributed by atoms with Gasteiger partial charge in [0, 0.05) is 0 Å². The molecule has 0 spiro atoms. The van der Waals surface area contributed by atoms with E-state index >= 15 is 0 Å². The number of benzene rings is 2. The molecule has 108 valence electrons. The van der Waals surface area contributed by atoms with Gasteiger partial charge in [-0.1, -0.05) is 36.4 Å². The molecule has 0 fully saturated rings. The van der Waals surface area contributed by atoms with Gasteiger partial charge in [-0.3, -0.25) is 4.79 Å². The van der Waals surface area contributed by atoms with Gasteiger partial charge in [0.15, 0.2) is 6.61 Å². The van der Waals surface area contributed by atoms with Gasteiger partial charge in [-0.15, -0.1) is 0 Å². The first-order valence-electron chi connectivity index (χ1n) is 6.72. The number of hydrogen-bond acceptors (Lipinski definition) is 3. The molecule has 0 aliphatic rings. The summed E-state index contributed by atoms with van der Waals surface area (Å²) in [7, 11) is 0. The Morgan fingerprint density at radius 3 is 2.62 bits per heavy atom. The second-order valence-electron chi connectivity index (χ2n) is 4.74. The van der Waals surface area contributed by atoms with E-state index in [9.17, 15) is 4.79 Å². The second-order valence-corrected chi connectivity index (χ2v) is 4.74. The summed E-state index contributed by atoms with van der Waals surface area (Å²) in [6.07, 6.45) is 1.59. The van der Waals surface area contributed by atoms with Crippen molar-refractivity contribution in [3.05, 3.63) is 65.2 Å². The van der Waals surface area contributed by atoms with Crippen LogP contribution in [0.25, 0.3) is 0 Å². The van der Waals surface area contributed by atoms with Gasteiger partial charge in [0.1, 0.15) is 5.75 Å². The number of carbonyl (C=O) groups is 1. The van der Waals surface area contributed by atoms with Gasteiger partial charge >= 0.3 is 0 Å². The van der Waals surface area contributed by atoms with Crippen LogP contribution in [0.4, 0.5) is 0 Å². The second kappa shape index (κ2) is 7.24. The lowest BCUT2D eigenvalue weighted by Crippen LogP contribution is -2.24. The Kier molecular flexibility index (Phi) is 5.10. The van der Waals surface area contributed by atoms with Gasteiger partial charge in [-0.2, -0.15) is 5.10 Å². The van der Waals surface area contributed by atoms with Crippen molar-refractivity contribution < 1.29 is 9.53 Å². The number of ether oxygens (including phenoxy) is 1. The summed E-state index contributed by atoms with van der Waals surface area (Å²) in [6.45, 7) is 3.98. The van der Waals surface area contributed by atoms with Crippen molar-refractivity contribution in [3.8, 4) is 5.75 Å². The molecule has 21 heavy (non-hydrogen) atoms. The summed E-state index contributed by atoms with van der Waals surface area (Å²) >= 11 is 0. The lowest BCUT2D eigenvalue weighted by molar-refractivity contribution is -0.123. The first-order valence-corrected chi connectivity index (χ1v) is 6.72. The quantitative estimate of drug-likeness (QED) is 0.677. The molecule has 0 aliphatic heterocycles. The van der Waals surface area contributed by atoms with Crippen LogP contribution in [0.3, 0.4) is 0 Å². The Labute approximate surface area is 124 Å². The Hall–Kier alpha value is -2.62. The van der Waals surface area contributed by atoms with Crippen LogP contribution in [0.2, 0.25) is 0 Å². The van der Waals surface area contributed by atoms with Crippen molar-refractivity contribution in [3.63, 3.8) is 0 Å². The molecule has 0 aromatic heterocycles. The van der Waals surface area contributed by atoms with Crippen LogP contribution in [-0.4, -0.2) is 18.7 Å². The minimum atomic E-state index is -0.291. The van der Waals surface area contributed by atoms with Crippen LogP contribution in [-0.2, 0) is 4.79 Å². The summed E-state index contributed by atoms with van der Waals surface area (Å²) in [5.74, 6) is 0.390.